The molecule has 2 aromatic rings. The Balaban J connectivity index is 1.60. The zero-order valence-electron chi connectivity index (χ0n) is 20.1. The molecule has 2 N–H and O–H groups in total. The molecule has 3 rings (SSSR count). The second kappa shape index (κ2) is 11.4. The van der Waals surface area contributed by atoms with Crippen molar-refractivity contribution in [2.24, 2.45) is 5.73 Å². The number of aromatic nitrogens is 1. The lowest BCUT2D eigenvalue weighted by Crippen LogP contribution is -2.50. The third-order valence-corrected chi connectivity index (χ3v) is 7.99. The van der Waals surface area contributed by atoms with Gasteiger partial charge in [-0.2, -0.15) is 11.3 Å². The third kappa shape index (κ3) is 7.10. The van der Waals surface area contributed by atoms with Crippen LogP contribution in [0.15, 0.2) is 29.1 Å². The van der Waals surface area contributed by atoms with Crippen LogP contribution in [0.2, 0.25) is 0 Å². The number of thiophene rings is 1. The topological polar surface area (TPSA) is 114 Å². The van der Waals surface area contributed by atoms with Gasteiger partial charge in [0.1, 0.15) is 5.75 Å². The number of rotatable bonds is 10. The maximum atomic E-state index is 12.9. The Morgan fingerprint density at radius 3 is 2.59 bits per heavy atom. The zero-order chi connectivity index (χ0) is 24.9. The average Bonchev–Trinajstić information content (AvgIpc) is 3.28. The fourth-order valence-electron chi connectivity index (χ4n) is 4.61. The molecule has 1 aliphatic rings. The van der Waals surface area contributed by atoms with E-state index < -0.39 is 21.5 Å². The van der Waals surface area contributed by atoms with Crippen LogP contribution in [0.4, 0.5) is 0 Å². The highest BCUT2D eigenvalue weighted by Crippen LogP contribution is 2.23. The van der Waals surface area contributed by atoms with Gasteiger partial charge < -0.3 is 15.5 Å². The third-order valence-electron chi connectivity index (χ3n) is 6.49. The summed E-state index contributed by atoms with van der Waals surface area (Å²) in [6.45, 7) is 6.11. The predicted molar refractivity (Wildman–Crippen MR) is 134 cm³/mol. The molecule has 0 spiro atoms. The summed E-state index contributed by atoms with van der Waals surface area (Å²) < 4.78 is 23.5. The molecule has 0 aromatic carbocycles. The lowest BCUT2D eigenvalue weighted by Gasteiger charge is -2.40. The zero-order valence-corrected chi connectivity index (χ0v) is 21.7. The smallest absolute Gasteiger partial charge is 0.250 e. The van der Waals surface area contributed by atoms with Crippen LogP contribution >= 0.6 is 11.3 Å². The Hall–Kier alpha value is -2.30. The van der Waals surface area contributed by atoms with E-state index in [1.54, 1.807) is 28.5 Å². The largest absolute Gasteiger partial charge is 0.366 e. The molecule has 1 fully saturated rings. The number of piperidine rings is 1. The molecular weight excluding hydrogens is 472 g/mol. The van der Waals surface area contributed by atoms with E-state index in [2.05, 4.69) is 16.8 Å². The van der Waals surface area contributed by atoms with Gasteiger partial charge in [-0.25, -0.2) is 8.42 Å². The molecule has 0 saturated carbocycles. The molecule has 1 aliphatic heterocycles. The van der Waals surface area contributed by atoms with E-state index in [0.717, 1.165) is 55.4 Å². The minimum absolute atomic E-state index is 0.0116. The maximum Gasteiger partial charge on any atom is 0.250 e. The minimum Gasteiger partial charge on any atom is -0.366 e. The van der Waals surface area contributed by atoms with Crippen molar-refractivity contribution in [2.75, 3.05) is 25.1 Å². The van der Waals surface area contributed by atoms with Gasteiger partial charge in [-0.3, -0.25) is 14.6 Å². The summed E-state index contributed by atoms with van der Waals surface area (Å²) >= 11 is 1.57. The summed E-state index contributed by atoms with van der Waals surface area (Å²) in [4.78, 5) is 33.2. The molecular formula is C24H34N4O4S2. The molecule has 2 amide bonds. The number of amides is 2. The van der Waals surface area contributed by atoms with E-state index in [0.29, 0.717) is 18.5 Å². The number of likely N-dealkylation sites (tertiary alicyclic amines) is 1. The summed E-state index contributed by atoms with van der Waals surface area (Å²) in [5, 5.41) is 3.96. The molecule has 10 heteroatoms. The number of carbonyl (C=O) groups is 2. The molecule has 8 nitrogen and oxygen atoms in total. The van der Waals surface area contributed by atoms with E-state index in [9.17, 15) is 18.0 Å². The lowest BCUT2D eigenvalue weighted by atomic mass is 9.98. The van der Waals surface area contributed by atoms with E-state index in [1.165, 1.54) is 0 Å². The Morgan fingerprint density at radius 1 is 1.29 bits per heavy atom. The second-order valence-corrected chi connectivity index (χ2v) is 12.1. The summed E-state index contributed by atoms with van der Waals surface area (Å²) in [7, 11) is -3.39. The van der Waals surface area contributed by atoms with Crippen LogP contribution in [0.3, 0.4) is 0 Å². The first-order chi connectivity index (χ1) is 16.0. The summed E-state index contributed by atoms with van der Waals surface area (Å²) in [6.07, 6.45) is 5.90. The molecule has 0 unspecified atom stereocenters. The van der Waals surface area contributed by atoms with Gasteiger partial charge in [0, 0.05) is 44.2 Å². The van der Waals surface area contributed by atoms with E-state index >= 15 is 0 Å². The van der Waals surface area contributed by atoms with Gasteiger partial charge in [0.25, 0.3) is 5.91 Å². The molecule has 2 aromatic heterocycles. The summed E-state index contributed by atoms with van der Waals surface area (Å²) in [5.41, 5.74) is 8.68. The van der Waals surface area contributed by atoms with Crippen LogP contribution in [-0.2, 0) is 27.6 Å². The molecule has 1 atom stereocenters. The number of sulfone groups is 1. The van der Waals surface area contributed by atoms with Gasteiger partial charge in [0.05, 0.1) is 11.3 Å². The first kappa shape index (κ1) is 26.3. The Bertz CT molecular complexity index is 1090. The number of aryl methyl sites for hydroxylation is 2. The number of hydrogen-bond donors (Lipinski definition) is 1. The van der Waals surface area contributed by atoms with Gasteiger partial charge in [-0.15, -0.1) is 0 Å². The first-order valence-electron chi connectivity index (χ1n) is 11.5. The fourth-order valence-corrected chi connectivity index (χ4v) is 5.89. The molecule has 34 heavy (non-hydrogen) atoms. The quantitative estimate of drug-likeness (QED) is 0.529. The van der Waals surface area contributed by atoms with Gasteiger partial charge >= 0.3 is 0 Å². The maximum absolute atomic E-state index is 12.9. The molecule has 3 heterocycles. The highest BCUT2D eigenvalue weighted by molar-refractivity contribution is 7.91. The Morgan fingerprint density at radius 2 is 2.00 bits per heavy atom. The summed E-state index contributed by atoms with van der Waals surface area (Å²) in [6, 6.07) is 4.06. The Kier molecular flexibility index (Phi) is 8.83. The van der Waals surface area contributed by atoms with Crippen molar-refractivity contribution < 1.29 is 18.0 Å². The predicted octanol–water partition coefficient (Wildman–Crippen LogP) is 2.41. The fraction of sp³-hybridized carbons (Fsp3) is 0.542. The number of nitrogens with zero attached hydrogens (tertiary/aromatic N) is 3. The van der Waals surface area contributed by atoms with Crippen LogP contribution in [0.1, 0.15) is 53.4 Å². The molecule has 0 radical (unpaired) electrons. The number of primary amides is 1. The van der Waals surface area contributed by atoms with Crippen LogP contribution < -0.4 is 5.73 Å². The lowest BCUT2D eigenvalue weighted by molar-refractivity contribution is -0.132. The van der Waals surface area contributed by atoms with Gasteiger partial charge in [-0.05, 0) is 73.6 Å². The number of pyridine rings is 1. The van der Waals surface area contributed by atoms with Gasteiger partial charge in [-0.1, -0.05) is 0 Å². The number of carbonyl (C=O) groups excluding carboxylic acids is 2. The van der Waals surface area contributed by atoms with Crippen molar-refractivity contribution in [3.05, 3.63) is 51.5 Å². The average molecular weight is 507 g/mol. The normalized spacial score (nSPS) is 16.3. The number of nitrogens with two attached hydrogens (primary N) is 1. The first-order valence-corrected chi connectivity index (χ1v) is 14.5. The van der Waals surface area contributed by atoms with E-state index in [-0.39, 0.29) is 18.0 Å². The van der Waals surface area contributed by atoms with Crippen molar-refractivity contribution >= 4 is 33.0 Å². The van der Waals surface area contributed by atoms with E-state index in [4.69, 9.17) is 5.73 Å². The molecule has 186 valence electrons. The van der Waals surface area contributed by atoms with Gasteiger partial charge in [0.2, 0.25) is 5.91 Å². The van der Waals surface area contributed by atoms with Crippen LogP contribution in [0.5, 0.6) is 0 Å². The monoisotopic (exact) mass is 506 g/mol. The summed E-state index contributed by atoms with van der Waals surface area (Å²) in [5.74, 6) is -1.23. The molecule has 0 aliphatic carbocycles. The van der Waals surface area contributed by atoms with Crippen LogP contribution in [0.25, 0.3) is 0 Å². The number of hydrogen-bond acceptors (Lipinski definition) is 7. The van der Waals surface area contributed by atoms with Crippen molar-refractivity contribution in [3.8, 4) is 0 Å². The van der Waals surface area contributed by atoms with Crippen molar-refractivity contribution in [1.29, 1.82) is 0 Å². The standard InChI is InChI=1S/C24H34N4O4S2/c1-17-6-10-26-21(23(17)24(25)30)5-4-18(2)27-11-7-20(8-12-27)28(14-19-9-13-33-15-19)22(29)16-34(3,31)32/h6,9-10,13,15,18,20H,4-5,7-8,11-12,14,16H2,1-3H3,(H2,25,30)/t18-/m1/s1. The molecule has 0 bridgehead atoms. The molecule has 1 saturated heterocycles. The Labute approximate surface area is 206 Å². The van der Waals surface area contributed by atoms with Crippen LogP contribution in [0, 0.1) is 6.92 Å². The highest BCUT2D eigenvalue weighted by atomic mass is 32.2. The van der Waals surface area contributed by atoms with Gasteiger partial charge in [0.15, 0.2) is 9.84 Å². The van der Waals surface area contributed by atoms with Crippen molar-refractivity contribution in [1.82, 2.24) is 14.8 Å². The van der Waals surface area contributed by atoms with Crippen LogP contribution in [-0.4, -0.2) is 72.2 Å². The van der Waals surface area contributed by atoms with Crippen molar-refractivity contribution in [2.45, 2.75) is 58.2 Å². The van der Waals surface area contributed by atoms with Crippen molar-refractivity contribution in [3.63, 3.8) is 0 Å². The van der Waals surface area contributed by atoms with E-state index in [1.807, 2.05) is 23.8 Å². The second-order valence-electron chi connectivity index (χ2n) is 9.19. The minimum atomic E-state index is -3.39. The highest BCUT2D eigenvalue weighted by Gasteiger charge is 2.31. The SMILES string of the molecule is Cc1ccnc(CC[C@@H](C)N2CCC(N(Cc3ccsc3)C(=O)CS(C)(=O)=O)CC2)c1C(N)=O.